The topological polar surface area (TPSA) is 77.8 Å². The lowest BCUT2D eigenvalue weighted by molar-refractivity contribution is -0.122. The molecule has 1 heterocycles. The van der Waals surface area contributed by atoms with Crippen molar-refractivity contribution in [3.63, 3.8) is 0 Å². The highest BCUT2D eigenvalue weighted by Gasteiger charge is 2.25. The van der Waals surface area contributed by atoms with Crippen LogP contribution in [0.2, 0.25) is 5.02 Å². The van der Waals surface area contributed by atoms with Gasteiger partial charge in [-0.1, -0.05) is 42.8 Å². The molecule has 0 radical (unpaired) electrons. The van der Waals surface area contributed by atoms with Gasteiger partial charge in [0.05, 0.1) is 18.2 Å². The van der Waals surface area contributed by atoms with Crippen LogP contribution in [0, 0.1) is 0 Å². The maximum Gasteiger partial charge on any atom is 0.265 e. The van der Waals surface area contributed by atoms with Crippen LogP contribution in [0.5, 0.6) is 11.5 Å². The van der Waals surface area contributed by atoms with E-state index in [1.165, 1.54) is 7.11 Å². The number of para-hydroxylation sites is 3. The van der Waals surface area contributed by atoms with Gasteiger partial charge in [0.25, 0.3) is 5.91 Å². The molecule has 0 saturated heterocycles. The summed E-state index contributed by atoms with van der Waals surface area (Å²) in [6.45, 7) is 1.80. The van der Waals surface area contributed by atoms with Crippen LogP contribution in [0.3, 0.4) is 0 Å². The summed E-state index contributed by atoms with van der Waals surface area (Å²) >= 11 is 6.03. The van der Waals surface area contributed by atoms with Gasteiger partial charge in [-0.3, -0.25) is 9.59 Å². The van der Waals surface area contributed by atoms with E-state index < -0.39 is 12.0 Å². The first-order valence-electron chi connectivity index (χ1n) is 10.4. The van der Waals surface area contributed by atoms with Crippen LogP contribution >= 0.6 is 11.6 Å². The van der Waals surface area contributed by atoms with Crippen molar-refractivity contribution < 1.29 is 18.7 Å². The molecule has 33 heavy (non-hydrogen) atoms. The fourth-order valence-corrected chi connectivity index (χ4v) is 3.57. The Morgan fingerprint density at radius 1 is 1.03 bits per heavy atom. The van der Waals surface area contributed by atoms with E-state index >= 15 is 0 Å². The molecular formula is C26H22ClNO5. The van der Waals surface area contributed by atoms with E-state index in [0.717, 1.165) is 0 Å². The number of carbonyl (C=O) groups excluding carboxylic acids is 1. The molecule has 0 aliphatic carbocycles. The van der Waals surface area contributed by atoms with Gasteiger partial charge in [-0.2, -0.15) is 0 Å². The molecule has 6 nitrogen and oxygen atoms in total. The molecule has 0 fully saturated rings. The van der Waals surface area contributed by atoms with E-state index in [0.29, 0.717) is 39.4 Å². The average molecular weight is 464 g/mol. The molecule has 1 atom stereocenters. The number of methoxy groups -OCH3 is 1. The minimum atomic E-state index is -0.940. The van der Waals surface area contributed by atoms with Crippen molar-refractivity contribution in [2.24, 2.45) is 0 Å². The van der Waals surface area contributed by atoms with Crippen LogP contribution in [0.25, 0.3) is 22.3 Å². The number of hydrogen-bond donors (Lipinski definition) is 1. The number of nitrogens with one attached hydrogen (secondary N) is 1. The van der Waals surface area contributed by atoms with Gasteiger partial charge < -0.3 is 19.2 Å². The van der Waals surface area contributed by atoms with E-state index in [2.05, 4.69) is 5.32 Å². The Morgan fingerprint density at radius 2 is 1.73 bits per heavy atom. The van der Waals surface area contributed by atoms with Crippen molar-refractivity contribution in [3.8, 4) is 22.8 Å². The van der Waals surface area contributed by atoms with Crippen molar-refractivity contribution in [1.29, 1.82) is 0 Å². The summed E-state index contributed by atoms with van der Waals surface area (Å²) in [6, 6.07) is 20.8. The lowest BCUT2D eigenvalue weighted by Gasteiger charge is -2.19. The molecule has 0 aliphatic heterocycles. The van der Waals surface area contributed by atoms with Crippen LogP contribution in [-0.2, 0) is 4.79 Å². The largest absolute Gasteiger partial charge is 0.495 e. The van der Waals surface area contributed by atoms with E-state index in [4.69, 9.17) is 25.5 Å². The number of benzene rings is 3. The highest BCUT2D eigenvalue weighted by molar-refractivity contribution is 6.30. The van der Waals surface area contributed by atoms with Crippen molar-refractivity contribution >= 4 is 34.2 Å². The highest BCUT2D eigenvalue weighted by Crippen LogP contribution is 2.33. The smallest absolute Gasteiger partial charge is 0.265 e. The van der Waals surface area contributed by atoms with Gasteiger partial charge in [-0.05, 0) is 55.0 Å². The first kappa shape index (κ1) is 22.4. The van der Waals surface area contributed by atoms with E-state index in [1.807, 2.05) is 0 Å². The molecule has 0 spiro atoms. The van der Waals surface area contributed by atoms with Gasteiger partial charge >= 0.3 is 0 Å². The molecule has 4 aromatic rings. The third kappa shape index (κ3) is 4.71. The first-order valence-corrected chi connectivity index (χ1v) is 10.8. The summed E-state index contributed by atoms with van der Waals surface area (Å²) < 4.78 is 17.4. The van der Waals surface area contributed by atoms with Crippen LogP contribution in [0.15, 0.2) is 82.0 Å². The van der Waals surface area contributed by atoms with Crippen molar-refractivity contribution in [3.05, 3.63) is 88.0 Å². The van der Waals surface area contributed by atoms with E-state index in [9.17, 15) is 9.59 Å². The molecule has 1 amide bonds. The zero-order valence-corrected chi connectivity index (χ0v) is 18.9. The molecule has 1 N–H and O–H groups in total. The summed E-state index contributed by atoms with van der Waals surface area (Å²) in [5, 5.41) is 3.73. The highest BCUT2D eigenvalue weighted by atomic mass is 35.5. The van der Waals surface area contributed by atoms with Gasteiger partial charge in [0.15, 0.2) is 11.9 Å². The van der Waals surface area contributed by atoms with Crippen LogP contribution in [-0.4, -0.2) is 19.1 Å². The predicted molar refractivity (Wildman–Crippen MR) is 129 cm³/mol. The van der Waals surface area contributed by atoms with Crippen LogP contribution in [0.4, 0.5) is 5.69 Å². The Balaban J connectivity index is 1.75. The second-order valence-electron chi connectivity index (χ2n) is 7.30. The number of rotatable bonds is 7. The Bertz CT molecular complexity index is 1350. The zero-order chi connectivity index (χ0) is 23.4. The summed E-state index contributed by atoms with van der Waals surface area (Å²) in [7, 11) is 1.53. The van der Waals surface area contributed by atoms with Crippen molar-refractivity contribution in [1.82, 2.24) is 0 Å². The van der Waals surface area contributed by atoms with E-state index in [1.54, 1.807) is 79.7 Å². The van der Waals surface area contributed by atoms with Crippen LogP contribution in [0.1, 0.15) is 13.3 Å². The monoisotopic (exact) mass is 463 g/mol. The van der Waals surface area contributed by atoms with Crippen molar-refractivity contribution in [2.45, 2.75) is 19.4 Å². The Labute approximate surface area is 195 Å². The number of fused-ring (bicyclic) bond motifs is 1. The minimum absolute atomic E-state index is 0.0296. The van der Waals surface area contributed by atoms with Gasteiger partial charge in [0.1, 0.15) is 11.3 Å². The Hall–Kier alpha value is -3.77. The zero-order valence-electron chi connectivity index (χ0n) is 18.1. The lowest BCUT2D eigenvalue weighted by Crippen LogP contribution is -2.34. The fourth-order valence-electron chi connectivity index (χ4n) is 3.45. The number of hydrogen-bond acceptors (Lipinski definition) is 5. The third-order valence-corrected chi connectivity index (χ3v) is 5.40. The fraction of sp³-hybridized carbons (Fsp3) is 0.154. The number of anilines is 1. The maximum absolute atomic E-state index is 13.4. The SMILES string of the molecule is CCC(Oc1c(-c2ccc(Cl)cc2)oc2ccccc2c1=O)C(=O)Nc1ccccc1OC. The second kappa shape index (κ2) is 9.79. The molecular weight excluding hydrogens is 442 g/mol. The first-order chi connectivity index (χ1) is 16.0. The molecule has 3 aromatic carbocycles. The van der Waals surface area contributed by atoms with Gasteiger partial charge in [-0.25, -0.2) is 0 Å². The van der Waals surface area contributed by atoms with Gasteiger partial charge in [0.2, 0.25) is 11.2 Å². The molecule has 1 aromatic heterocycles. The summed E-state index contributed by atoms with van der Waals surface area (Å²) in [6.07, 6.45) is -0.613. The number of carbonyl (C=O) groups is 1. The number of halogens is 1. The number of ether oxygens (including phenoxy) is 2. The summed E-state index contributed by atoms with van der Waals surface area (Å²) in [5.41, 5.74) is 1.18. The molecule has 4 rings (SSSR count). The summed E-state index contributed by atoms with van der Waals surface area (Å²) in [5.74, 6) is 0.321. The van der Waals surface area contributed by atoms with Crippen molar-refractivity contribution in [2.75, 3.05) is 12.4 Å². The third-order valence-electron chi connectivity index (χ3n) is 5.15. The van der Waals surface area contributed by atoms with Gasteiger partial charge in [0, 0.05) is 10.6 Å². The minimum Gasteiger partial charge on any atom is -0.495 e. The van der Waals surface area contributed by atoms with E-state index in [-0.39, 0.29) is 16.9 Å². The van der Waals surface area contributed by atoms with Crippen LogP contribution < -0.4 is 20.2 Å². The molecule has 0 bridgehead atoms. The average Bonchev–Trinajstić information content (AvgIpc) is 2.84. The molecule has 1 unspecified atom stereocenters. The molecule has 0 aliphatic rings. The maximum atomic E-state index is 13.4. The lowest BCUT2D eigenvalue weighted by atomic mass is 10.1. The summed E-state index contributed by atoms with van der Waals surface area (Å²) in [4.78, 5) is 26.4. The molecule has 168 valence electrons. The predicted octanol–water partition coefficient (Wildman–Crippen LogP) is 5.92. The molecule has 7 heteroatoms. The van der Waals surface area contributed by atoms with Gasteiger partial charge in [-0.15, -0.1) is 0 Å². The molecule has 0 saturated carbocycles. The Kier molecular flexibility index (Phi) is 6.66. The quantitative estimate of drug-likeness (QED) is 0.368. The standard InChI is InChI=1S/C26H22ClNO5/c1-3-20(26(30)28-19-9-5-7-11-22(19)31-2)32-25-23(29)18-8-4-6-10-21(18)33-24(25)16-12-14-17(27)15-13-16/h4-15,20H,3H2,1-2H3,(H,28,30). The second-order valence-corrected chi connectivity index (χ2v) is 7.73. The normalized spacial score (nSPS) is 11.7. The Morgan fingerprint density at radius 3 is 2.45 bits per heavy atom. The number of amides is 1.